The summed E-state index contributed by atoms with van der Waals surface area (Å²) in [6.45, 7) is 2.88. The number of nitrogens with one attached hydrogen (secondary N) is 1. The Morgan fingerprint density at radius 2 is 2.12 bits per heavy atom. The highest BCUT2D eigenvalue weighted by Crippen LogP contribution is 2.31. The standard InChI is InChI=1S/C19H26N4OS/c1-2-3-13-24-17-12-8-7-11-16(17)14-20-23-18(21-22-19(23)25)15-9-5-4-6-10-15/h7-8,11-12,14-15H,2-6,9-10,13H2,1H3,(H,22,25)/b20-14-. The first-order valence-electron chi connectivity index (χ1n) is 9.23. The van der Waals surface area contributed by atoms with E-state index >= 15 is 0 Å². The second-order valence-corrected chi connectivity index (χ2v) is 6.90. The summed E-state index contributed by atoms with van der Waals surface area (Å²) in [4.78, 5) is 0. The van der Waals surface area contributed by atoms with Crippen LogP contribution in [-0.4, -0.2) is 27.7 Å². The van der Waals surface area contributed by atoms with Crippen molar-refractivity contribution in [1.82, 2.24) is 14.9 Å². The number of aromatic nitrogens is 3. The van der Waals surface area contributed by atoms with Gasteiger partial charge in [-0.05, 0) is 43.6 Å². The quantitative estimate of drug-likeness (QED) is 0.428. The Morgan fingerprint density at radius 1 is 1.32 bits per heavy atom. The number of H-pyrrole nitrogens is 1. The third-order valence-corrected chi connectivity index (χ3v) is 4.90. The fraction of sp³-hybridized carbons (Fsp3) is 0.526. The number of hydrogen-bond donors (Lipinski definition) is 1. The van der Waals surface area contributed by atoms with Crippen LogP contribution in [0.2, 0.25) is 0 Å². The van der Waals surface area contributed by atoms with Gasteiger partial charge in [0.25, 0.3) is 0 Å². The van der Waals surface area contributed by atoms with Crippen LogP contribution in [0.5, 0.6) is 5.75 Å². The lowest BCUT2D eigenvalue weighted by atomic mass is 9.89. The van der Waals surface area contributed by atoms with E-state index < -0.39 is 0 Å². The van der Waals surface area contributed by atoms with Crippen LogP contribution in [0.1, 0.15) is 69.2 Å². The molecule has 1 aliphatic carbocycles. The molecule has 0 radical (unpaired) electrons. The molecule has 134 valence electrons. The summed E-state index contributed by atoms with van der Waals surface area (Å²) in [5, 5.41) is 11.9. The van der Waals surface area contributed by atoms with E-state index in [2.05, 4.69) is 22.2 Å². The summed E-state index contributed by atoms with van der Waals surface area (Å²) in [5.74, 6) is 2.24. The molecule has 1 saturated carbocycles. The van der Waals surface area contributed by atoms with E-state index in [-0.39, 0.29) is 0 Å². The number of nitrogens with zero attached hydrogens (tertiary/aromatic N) is 3. The van der Waals surface area contributed by atoms with Crippen LogP contribution < -0.4 is 4.74 Å². The molecule has 1 fully saturated rings. The van der Waals surface area contributed by atoms with E-state index in [1.54, 1.807) is 4.68 Å². The zero-order valence-electron chi connectivity index (χ0n) is 14.8. The predicted molar refractivity (Wildman–Crippen MR) is 103 cm³/mol. The number of unbranched alkanes of at least 4 members (excludes halogenated alkanes) is 1. The molecule has 0 aliphatic heterocycles. The lowest BCUT2D eigenvalue weighted by Crippen LogP contribution is -2.10. The zero-order chi connectivity index (χ0) is 17.5. The molecular formula is C19H26N4OS. The SMILES string of the molecule is CCCCOc1ccccc1/C=N\n1c(C2CCCCC2)n[nH]c1=S. The van der Waals surface area contributed by atoms with Gasteiger partial charge in [-0.15, -0.1) is 0 Å². The molecule has 0 atom stereocenters. The Labute approximate surface area is 154 Å². The first kappa shape index (κ1) is 17.9. The number of ether oxygens (including phenoxy) is 1. The van der Waals surface area contributed by atoms with Crippen molar-refractivity contribution < 1.29 is 4.74 Å². The number of benzene rings is 1. The van der Waals surface area contributed by atoms with Crippen LogP contribution in [-0.2, 0) is 0 Å². The molecular weight excluding hydrogens is 332 g/mol. The Morgan fingerprint density at radius 3 is 2.92 bits per heavy atom. The number of aromatic amines is 1. The van der Waals surface area contributed by atoms with E-state index in [1.165, 1.54) is 19.3 Å². The maximum Gasteiger partial charge on any atom is 0.216 e. The van der Waals surface area contributed by atoms with Gasteiger partial charge in [0.15, 0.2) is 5.82 Å². The van der Waals surface area contributed by atoms with Gasteiger partial charge < -0.3 is 4.74 Å². The smallest absolute Gasteiger partial charge is 0.216 e. The van der Waals surface area contributed by atoms with Crippen molar-refractivity contribution in [3.05, 3.63) is 40.4 Å². The van der Waals surface area contributed by atoms with Gasteiger partial charge in [-0.2, -0.15) is 14.9 Å². The van der Waals surface area contributed by atoms with Crippen molar-refractivity contribution in [2.24, 2.45) is 5.10 Å². The first-order valence-corrected chi connectivity index (χ1v) is 9.64. The molecule has 0 amide bonds. The van der Waals surface area contributed by atoms with E-state index in [1.807, 2.05) is 30.5 Å². The molecule has 1 aromatic carbocycles. The third kappa shape index (κ3) is 4.57. The van der Waals surface area contributed by atoms with E-state index in [0.717, 1.165) is 49.4 Å². The van der Waals surface area contributed by atoms with Crippen LogP contribution in [0.3, 0.4) is 0 Å². The summed E-state index contributed by atoms with van der Waals surface area (Å²) < 4.78 is 8.19. The molecule has 1 aliphatic rings. The largest absolute Gasteiger partial charge is 0.493 e. The molecule has 0 bridgehead atoms. The highest BCUT2D eigenvalue weighted by atomic mass is 32.1. The number of para-hydroxylation sites is 1. The van der Waals surface area contributed by atoms with Crippen LogP contribution in [0.4, 0.5) is 0 Å². The third-order valence-electron chi connectivity index (χ3n) is 4.63. The van der Waals surface area contributed by atoms with E-state index in [4.69, 9.17) is 17.0 Å². The van der Waals surface area contributed by atoms with Gasteiger partial charge in [-0.1, -0.05) is 44.7 Å². The second kappa shape index (κ2) is 8.94. The lowest BCUT2D eigenvalue weighted by molar-refractivity contribution is 0.309. The second-order valence-electron chi connectivity index (χ2n) is 6.52. The topological polar surface area (TPSA) is 55.2 Å². The molecule has 5 nitrogen and oxygen atoms in total. The van der Waals surface area contributed by atoms with E-state index in [9.17, 15) is 0 Å². The van der Waals surface area contributed by atoms with Crippen molar-refractivity contribution in [3.8, 4) is 5.75 Å². The number of rotatable bonds is 7. The highest BCUT2D eigenvalue weighted by molar-refractivity contribution is 7.71. The molecule has 1 aromatic heterocycles. The van der Waals surface area contributed by atoms with Crippen molar-refractivity contribution in [3.63, 3.8) is 0 Å². The molecule has 0 spiro atoms. The Kier molecular flexibility index (Phi) is 6.39. The molecule has 0 saturated heterocycles. The minimum absolute atomic E-state index is 0.440. The molecule has 6 heteroatoms. The Bertz CT molecular complexity index is 759. The number of hydrogen-bond acceptors (Lipinski definition) is 4. The Hall–Kier alpha value is -1.95. The van der Waals surface area contributed by atoms with Gasteiger partial charge in [0, 0.05) is 11.5 Å². The molecule has 1 N–H and O–H groups in total. The average Bonchev–Trinajstić information content (AvgIpc) is 3.02. The van der Waals surface area contributed by atoms with Gasteiger partial charge >= 0.3 is 0 Å². The summed E-state index contributed by atoms with van der Waals surface area (Å²) in [7, 11) is 0. The van der Waals surface area contributed by atoms with Gasteiger partial charge in [-0.25, -0.2) is 0 Å². The molecule has 3 rings (SSSR count). The van der Waals surface area contributed by atoms with Gasteiger partial charge in [-0.3, -0.25) is 5.10 Å². The predicted octanol–water partition coefficient (Wildman–Crippen LogP) is 5.05. The summed E-state index contributed by atoms with van der Waals surface area (Å²) in [6.07, 6.45) is 10.1. The molecule has 1 heterocycles. The van der Waals surface area contributed by atoms with Crippen LogP contribution >= 0.6 is 12.2 Å². The van der Waals surface area contributed by atoms with Crippen molar-refractivity contribution in [1.29, 1.82) is 0 Å². The maximum atomic E-state index is 5.87. The van der Waals surface area contributed by atoms with Gasteiger partial charge in [0.2, 0.25) is 4.77 Å². The molecule has 2 aromatic rings. The highest BCUT2D eigenvalue weighted by Gasteiger charge is 2.21. The zero-order valence-corrected chi connectivity index (χ0v) is 15.6. The van der Waals surface area contributed by atoms with Crippen molar-refractivity contribution >= 4 is 18.4 Å². The molecule has 0 unspecified atom stereocenters. The van der Waals surface area contributed by atoms with Crippen molar-refractivity contribution in [2.45, 2.75) is 57.8 Å². The summed E-state index contributed by atoms with van der Waals surface area (Å²) >= 11 is 5.38. The van der Waals surface area contributed by atoms with Gasteiger partial charge in [0.05, 0.1) is 12.8 Å². The van der Waals surface area contributed by atoms with Gasteiger partial charge in [0.1, 0.15) is 5.75 Å². The monoisotopic (exact) mass is 358 g/mol. The van der Waals surface area contributed by atoms with Crippen LogP contribution in [0.25, 0.3) is 0 Å². The summed E-state index contributed by atoms with van der Waals surface area (Å²) in [6, 6.07) is 7.96. The van der Waals surface area contributed by atoms with Crippen LogP contribution in [0, 0.1) is 4.77 Å². The molecule has 25 heavy (non-hydrogen) atoms. The average molecular weight is 359 g/mol. The minimum Gasteiger partial charge on any atom is -0.493 e. The van der Waals surface area contributed by atoms with Crippen LogP contribution in [0.15, 0.2) is 29.4 Å². The first-order chi connectivity index (χ1) is 12.3. The lowest BCUT2D eigenvalue weighted by Gasteiger charge is -2.19. The van der Waals surface area contributed by atoms with Crippen molar-refractivity contribution in [2.75, 3.05) is 6.61 Å². The normalized spacial score (nSPS) is 15.7. The fourth-order valence-corrected chi connectivity index (χ4v) is 3.39. The minimum atomic E-state index is 0.440. The fourth-order valence-electron chi connectivity index (χ4n) is 3.21. The maximum absolute atomic E-state index is 5.87. The van der Waals surface area contributed by atoms with E-state index in [0.29, 0.717) is 10.7 Å². The Balaban J connectivity index is 1.81. The summed E-state index contributed by atoms with van der Waals surface area (Å²) in [5.41, 5.74) is 0.955.